The first-order chi connectivity index (χ1) is 12.0. The molecule has 144 valence electrons. The number of aliphatic hydroxyl groups excluding tert-OH is 2. The normalized spacial score (nSPS) is 27.3. The van der Waals surface area contributed by atoms with E-state index in [0.717, 1.165) is 0 Å². The lowest BCUT2D eigenvalue weighted by atomic mass is 10.1. The molecule has 9 heteroatoms. The van der Waals surface area contributed by atoms with Crippen molar-refractivity contribution in [3.05, 3.63) is 12.7 Å². The summed E-state index contributed by atoms with van der Waals surface area (Å²) in [6, 6.07) is -0.322. The Hall–Kier alpha value is -1.55. The van der Waals surface area contributed by atoms with E-state index in [1.165, 1.54) is 6.33 Å². The van der Waals surface area contributed by atoms with E-state index >= 15 is 0 Å². The lowest BCUT2D eigenvalue weighted by molar-refractivity contribution is -0.00256. The predicted octanol–water partition coefficient (Wildman–Crippen LogP) is 1.71. The molecule has 8 nitrogen and oxygen atoms in total. The fourth-order valence-corrected chi connectivity index (χ4v) is 4.25. The maximum absolute atomic E-state index is 10.6. The number of aromatic nitrogens is 4. The average Bonchev–Trinajstić information content (AvgIpc) is 3.08. The summed E-state index contributed by atoms with van der Waals surface area (Å²) in [5.74, 6) is 0.167. The third kappa shape index (κ3) is 3.24. The fourth-order valence-electron chi connectivity index (χ4n) is 3.18. The molecule has 0 aliphatic heterocycles. The standard InChI is InChI=1S/C17H29N5O3Si/c1-17(2,3)26(4,5)25-7-10-6-11(14(24)13(10)23)22-9-21-12-15(18)19-8-20-16(12)22/h8-11,13-14,23-24H,6-7H2,1-5H3,(H2,18,19,20)/t10-,11-,13-,14+/m1/s1. The average molecular weight is 380 g/mol. The second-order valence-electron chi connectivity index (χ2n) is 8.70. The van der Waals surface area contributed by atoms with E-state index < -0.39 is 20.5 Å². The summed E-state index contributed by atoms with van der Waals surface area (Å²) in [4.78, 5) is 12.4. The predicted molar refractivity (Wildman–Crippen MR) is 102 cm³/mol. The van der Waals surface area contributed by atoms with Crippen LogP contribution < -0.4 is 5.73 Å². The summed E-state index contributed by atoms with van der Waals surface area (Å²) in [5, 5.41) is 21.2. The van der Waals surface area contributed by atoms with Crippen molar-refractivity contribution in [2.24, 2.45) is 5.92 Å². The Kier molecular flexibility index (Phi) is 4.85. The molecule has 2 heterocycles. The third-order valence-electron chi connectivity index (χ3n) is 5.98. The zero-order valence-corrected chi connectivity index (χ0v) is 17.0. The van der Waals surface area contributed by atoms with Crippen LogP contribution in [0.2, 0.25) is 18.1 Å². The molecule has 2 aromatic rings. The number of aliphatic hydroxyl groups is 2. The summed E-state index contributed by atoms with van der Waals surface area (Å²) in [6.45, 7) is 11.4. The van der Waals surface area contributed by atoms with Gasteiger partial charge < -0.3 is 24.9 Å². The first kappa shape index (κ1) is 19.2. The van der Waals surface area contributed by atoms with E-state index in [4.69, 9.17) is 10.2 Å². The molecule has 26 heavy (non-hydrogen) atoms. The smallest absolute Gasteiger partial charge is 0.191 e. The quantitative estimate of drug-likeness (QED) is 0.692. The SMILES string of the molecule is CC(C)(C)[Si](C)(C)OC[C@H]1C[C@@H](n2cnc3c(N)ncnc32)[C@H](O)[C@@H]1O. The monoisotopic (exact) mass is 379 g/mol. The van der Waals surface area contributed by atoms with Crippen LogP contribution in [0.4, 0.5) is 5.82 Å². The Morgan fingerprint density at radius 1 is 1.23 bits per heavy atom. The number of rotatable bonds is 4. The van der Waals surface area contributed by atoms with Crippen LogP contribution in [0.3, 0.4) is 0 Å². The van der Waals surface area contributed by atoms with Crippen molar-refractivity contribution in [1.29, 1.82) is 0 Å². The van der Waals surface area contributed by atoms with Gasteiger partial charge in [-0.05, 0) is 24.6 Å². The second kappa shape index (κ2) is 6.56. The van der Waals surface area contributed by atoms with Crippen LogP contribution in [0, 0.1) is 5.92 Å². The molecule has 1 aliphatic carbocycles. The second-order valence-corrected chi connectivity index (χ2v) is 13.5. The van der Waals surface area contributed by atoms with Gasteiger partial charge in [0.2, 0.25) is 0 Å². The Balaban J connectivity index is 1.78. The maximum atomic E-state index is 10.6. The highest BCUT2D eigenvalue weighted by Crippen LogP contribution is 2.40. The van der Waals surface area contributed by atoms with Crippen LogP contribution in [0.25, 0.3) is 11.2 Å². The molecule has 0 spiro atoms. The Labute approximate surface area is 154 Å². The first-order valence-electron chi connectivity index (χ1n) is 8.96. The molecule has 4 N–H and O–H groups in total. The summed E-state index contributed by atoms with van der Waals surface area (Å²) in [6.07, 6.45) is 1.82. The summed E-state index contributed by atoms with van der Waals surface area (Å²) >= 11 is 0. The van der Waals surface area contributed by atoms with Gasteiger partial charge in [-0.3, -0.25) is 0 Å². The summed E-state index contributed by atoms with van der Waals surface area (Å²) in [7, 11) is -1.91. The van der Waals surface area contributed by atoms with Gasteiger partial charge in [0.25, 0.3) is 0 Å². The van der Waals surface area contributed by atoms with Gasteiger partial charge in [0.15, 0.2) is 19.8 Å². The van der Waals surface area contributed by atoms with Crippen LogP contribution in [0.1, 0.15) is 33.2 Å². The zero-order valence-electron chi connectivity index (χ0n) is 16.0. The maximum Gasteiger partial charge on any atom is 0.191 e. The van der Waals surface area contributed by atoms with Crippen LogP contribution in [0.15, 0.2) is 12.7 Å². The van der Waals surface area contributed by atoms with E-state index in [1.54, 1.807) is 10.9 Å². The number of hydrogen-bond acceptors (Lipinski definition) is 7. The summed E-state index contributed by atoms with van der Waals surface area (Å²) < 4.78 is 8.05. The van der Waals surface area contributed by atoms with E-state index in [0.29, 0.717) is 30.0 Å². The minimum atomic E-state index is -1.91. The van der Waals surface area contributed by atoms with Crippen LogP contribution in [-0.4, -0.2) is 56.9 Å². The Morgan fingerprint density at radius 2 is 1.92 bits per heavy atom. The first-order valence-corrected chi connectivity index (χ1v) is 11.9. The van der Waals surface area contributed by atoms with Gasteiger partial charge in [-0.25, -0.2) is 15.0 Å². The minimum absolute atomic E-state index is 0.101. The van der Waals surface area contributed by atoms with Crippen LogP contribution in [0.5, 0.6) is 0 Å². The lowest BCUT2D eigenvalue weighted by Gasteiger charge is -2.37. The molecule has 3 rings (SSSR count). The van der Waals surface area contributed by atoms with Crippen molar-refractivity contribution in [2.45, 2.75) is 63.6 Å². The van der Waals surface area contributed by atoms with Crippen molar-refractivity contribution < 1.29 is 14.6 Å². The molecule has 4 atom stereocenters. The fraction of sp³-hybridized carbons (Fsp3) is 0.706. The molecular weight excluding hydrogens is 350 g/mol. The van der Waals surface area contributed by atoms with E-state index in [1.807, 2.05) is 0 Å². The Morgan fingerprint density at radius 3 is 2.58 bits per heavy atom. The number of nitrogens with two attached hydrogens (primary N) is 1. The molecule has 0 radical (unpaired) electrons. The van der Waals surface area contributed by atoms with Gasteiger partial charge in [-0.15, -0.1) is 0 Å². The number of anilines is 1. The number of nitrogen functional groups attached to an aromatic ring is 1. The number of nitrogens with zero attached hydrogens (tertiary/aromatic N) is 4. The van der Waals surface area contributed by atoms with E-state index in [9.17, 15) is 10.2 Å². The van der Waals surface area contributed by atoms with Crippen LogP contribution in [-0.2, 0) is 4.43 Å². The van der Waals surface area contributed by atoms with Crippen molar-refractivity contribution in [1.82, 2.24) is 19.5 Å². The highest BCUT2D eigenvalue weighted by Gasteiger charge is 2.45. The molecule has 0 aromatic carbocycles. The third-order valence-corrected chi connectivity index (χ3v) is 10.5. The van der Waals surface area contributed by atoms with Crippen molar-refractivity contribution in [3.8, 4) is 0 Å². The van der Waals surface area contributed by atoms with E-state index in [-0.39, 0.29) is 17.0 Å². The highest BCUT2D eigenvalue weighted by molar-refractivity contribution is 6.74. The topological polar surface area (TPSA) is 119 Å². The van der Waals surface area contributed by atoms with Crippen molar-refractivity contribution in [3.63, 3.8) is 0 Å². The van der Waals surface area contributed by atoms with Gasteiger partial charge in [-0.2, -0.15) is 0 Å². The van der Waals surface area contributed by atoms with Crippen molar-refractivity contribution in [2.75, 3.05) is 12.3 Å². The van der Waals surface area contributed by atoms with Gasteiger partial charge in [-0.1, -0.05) is 20.8 Å². The molecule has 0 saturated heterocycles. The van der Waals surface area contributed by atoms with Gasteiger partial charge >= 0.3 is 0 Å². The largest absolute Gasteiger partial charge is 0.416 e. The molecule has 0 amide bonds. The lowest BCUT2D eigenvalue weighted by Crippen LogP contribution is -2.43. The molecule has 0 bridgehead atoms. The highest BCUT2D eigenvalue weighted by atomic mass is 28.4. The molecule has 1 fully saturated rings. The van der Waals surface area contributed by atoms with Crippen molar-refractivity contribution >= 4 is 25.3 Å². The molecule has 1 aliphatic rings. The summed E-state index contributed by atoms with van der Waals surface area (Å²) in [5.41, 5.74) is 6.92. The molecular formula is C17H29N5O3Si. The number of hydrogen-bond donors (Lipinski definition) is 3. The molecule has 2 aromatic heterocycles. The molecule has 1 saturated carbocycles. The van der Waals surface area contributed by atoms with Gasteiger partial charge in [0.05, 0.1) is 18.5 Å². The minimum Gasteiger partial charge on any atom is -0.416 e. The molecule has 0 unspecified atom stereocenters. The van der Waals surface area contributed by atoms with E-state index in [2.05, 4.69) is 48.8 Å². The Bertz CT molecular complexity index is 788. The number of fused-ring (bicyclic) bond motifs is 1. The zero-order chi connectivity index (χ0) is 19.3. The van der Waals surface area contributed by atoms with Crippen LogP contribution >= 0.6 is 0 Å². The van der Waals surface area contributed by atoms with Gasteiger partial charge in [0.1, 0.15) is 17.9 Å². The number of imidazole rings is 1. The van der Waals surface area contributed by atoms with Gasteiger partial charge in [0, 0.05) is 12.5 Å².